The number of oxazole rings is 1. The number of aryl methyl sites for hydroxylation is 1. The number of halogens is 3. The van der Waals surface area contributed by atoms with Crippen LogP contribution in [0.3, 0.4) is 0 Å². The molecule has 0 aromatic carbocycles. The lowest BCUT2D eigenvalue weighted by Crippen LogP contribution is -2.04. The first-order chi connectivity index (χ1) is 8.37. The number of hydrogen-bond donors (Lipinski definition) is 1. The summed E-state index contributed by atoms with van der Waals surface area (Å²) in [5.74, 6) is 0.519. The summed E-state index contributed by atoms with van der Waals surface area (Å²) in [6, 6.07) is 0. The number of nitrogens with zero attached hydrogens (tertiary/aromatic N) is 1. The minimum absolute atomic E-state index is 0.206. The second kappa shape index (κ2) is 5.86. The molecule has 0 unspecified atom stereocenters. The van der Waals surface area contributed by atoms with E-state index in [2.05, 4.69) is 4.98 Å². The fourth-order valence-corrected chi connectivity index (χ4v) is 1.31. The van der Waals surface area contributed by atoms with Gasteiger partial charge in [-0.2, -0.15) is 13.2 Å². The van der Waals surface area contributed by atoms with E-state index in [1.54, 1.807) is 19.9 Å². The van der Waals surface area contributed by atoms with E-state index in [0.717, 1.165) is 6.08 Å². The van der Waals surface area contributed by atoms with Crippen molar-refractivity contribution in [1.29, 1.82) is 0 Å². The van der Waals surface area contributed by atoms with E-state index in [0.29, 0.717) is 17.0 Å². The summed E-state index contributed by atoms with van der Waals surface area (Å²) in [5, 5.41) is 8.95. The minimum Gasteiger partial charge on any atom is -0.438 e. The molecule has 0 aliphatic rings. The molecule has 0 spiro atoms. The smallest absolute Gasteiger partial charge is 0.392 e. The van der Waals surface area contributed by atoms with Gasteiger partial charge in [-0.3, -0.25) is 0 Å². The minimum atomic E-state index is -4.22. The molecule has 1 N–H and O–H groups in total. The molecule has 0 amide bonds. The molecule has 18 heavy (non-hydrogen) atoms. The Bertz CT molecular complexity index is 458. The summed E-state index contributed by atoms with van der Waals surface area (Å²) in [4.78, 5) is 4.04. The highest BCUT2D eigenvalue weighted by molar-refractivity contribution is 5.68. The molecule has 100 valence electrons. The molecule has 0 fully saturated rings. The Labute approximate surface area is 103 Å². The van der Waals surface area contributed by atoms with Crippen LogP contribution in [-0.4, -0.2) is 16.3 Å². The fraction of sp³-hybridized carbons (Fsp3) is 0.417. The van der Waals surface area contributed by atoms with Crippen molar-refractivity contribution in [2.75, 3.05) is 0 Å². The van der Waals surface area contributed by atoms with E-state index in [4.69, 9.17) is 9.52 Å². The first-order valence-electron chi connectivity index (χ1n) is 5.34. The van der Waals surface area contributed by atoms with Crippen LogP contribution in [0, 0.1) is 6.92 Å². The summed E-state index contributed by atoms with van der Waals surface area (Å²) in [7, 11) is 0. The van der Waals surface area contributed by atoms with Crippen LogP contribution in [0.1, 0.15) is 30.7 Å². The summed E-state index contributed by atoms with van der Waals surface area (Å²) >= 11 is 0. The molecule has 3 nitrogen and oxygen atoms in total. The Morgan fingerprint density at radius 2 is 2.11 bits per heavy atom. The molecule has 0 saturated heterocycles. The Morgan fingerprint density at radius 1 is 1.44 bits per heavy atom. The van der Waals surface area contributed by atoms with Gasteiger partial charge in [0, 0.05) is 5.57 Å². The molecule has 1 heterocycles. The Hall–Kier alpha value is -1.56. The predicted molar refractivity (Wildman–Crippen MR) is 60.6 cm³/mol. The van der Waals surface area contributed by atoms with E-state index in [9.17, 15) is 13.2 Å². The highest BCUT2D eigenvalue weighted by atomic mass is 19.4. The summed E-state index contributed by atoms with van der Waals surface area (Å²) < 4.78 is 41.2. The number of aliphatic hydroxyl groups excluding tert-OH is 1. The predicted octanol–water partition coefficient (Wildman–Crippen LogP) is 3.39. The second-order valence-corrected chi connectivity index (χ2v) is 3.65. The second-order valence-electron chi connectivity index (χ2n) is 3.65. The van der Waals surface area contributed by atoms with Crippen molar-refractivity contribution in [3.63, 3.8) is 0 Å². The quantitative estimate of drug-likeness (QED) is 0.845. The van der Waals surface area contributed by atoms with Crippen molar-refractivity contribution in [3.05, 3.63) is 35.6 Å². The molecule has 0 aliphatic heterocycles. The summed E-state index contributed by atoms with van der Waals surface area (Å²) in [6.45, 7) is 3.04. The third-order valence-electron chi connectivity index (χ3n) is 2.24. The van der Waals surface area contributed by atoms with Crippen LogP contribution < -0.4 is 0 Å². The molecule has 0 radical (unpaired) electrons. The highest BCUT2D eigenvalue weighted by Crippen LogP contribution is 2.23. The third-order valence-corrected chi connectivity index (χ3v) is 2.24. The lowest BCUT2D eigenvalue weighted by atomic mass is 10.2. The van der Waals surface area contributed by atoms with Crippen LogP contribution in [0.15, 0.2) is 22.6 Å². The number of rotatable bonds is 4. The van der Waals surface area contributed by atoms with Crippen molar-refractivity contribution in [2.24, 2.45) is 0 Å². The van der Waals surface area contributed by atoms with Gasteiger partial charge in [0.15, 0.2) is 5.76 Å². The molecule has 6 heteroatoms. The zero-order chi connectivity index (χ0) is 13.8. The van der Waals surface area contributed by atoms with E-state index in [1.165, 1.54) is 6.08 Å². The normalized spacial score (nSPS) is 13.6. The zero-order valence-corrected chi connectivity index (χ0v) is 10.1. The maximum Gasteiger partial charge on any atom is 0.392 e. The average Bonchev–Trinajstić information content (AvgIpc) is 2.64. The van der Waals surface area contributed by atoms with Gasteiger partial charge in [-0.1, -0.05) is 18.2 Å². The van der Waals surface area contributed by atoms with Gasteiger partial charge in [0.1, 0.15) is 6.61 Å². The van der Waals surface area contributed by atoms with Gasteiger partial charge in [0.25, 0.3) is 0 Å². The van der Waals surface area contributed by atoms with Crippen molar-refractivity contribution >= 4 is 5.57 Å². The molecule has 0 atom stereocenters. The van der Waals surface area contributed by atoms with Crippen molar-refractivity contribution < 1.29 is 22.7 Å². The van der Waals surface area contributed by atoms with Crippen LogP contribution in [0.25, 0.3) is 5.57 Å². The third kappa shape index (κ3) is 4.03. The molecule has 1 aromatic rings. The lowest BCUT2D eigenvalue weighted by Gasteiger charge is -2.00. The number of hydrogen-bond acceptors (Lipinski definition) is 3. The SMILES string of the molecule is C/C=C(\C=C/CC(F)(F)F)c1nc(C)c(CO)o1. The van der Waals surface area contributed by atoms with E-state index < -0.39 is 12.6 Å². The maximum atomic E-state index is 12.0. The summed E-state index contributed by atoms with van der Waals surface area (Å²) in [6.07, 6.45) is -1.32. The van der Waals surface area contributed by atoms with Gasteiger partial charge in [-0.05, 0) is 13.8 Å². The lowest BCUT2D eigenvalue weighted by molar-refractivity contribution is -0.125. The summed E-state index contributed by atoms with van der Waals surface area (Å²) in [5.41, 5.74) is 0.970. The van der Waals surface area contributed by atoms with Crippen LogP contribution in [0.2, 0.25) is 0 Å². The van der Waals surface area contributed by atoms with Gasteiger partial charge in [0.05, 0.1) is 12.1 Å². The molecule has 1 aromatic heterocycles. The number of aromatic nitrogens is 1. The van der Waals surface area contributed by atoms with Crippen LogP contribution in [0.4, 0.5) is 13.2 Å². The standard InChI is InChI=1S/C12H14F3NO2/c1-3-9(5-4-6-12(13,14)15)11-16-8(2)10(7-17)18-11/h3-5,17H,6-7H2,1-2H3/b5-4-,9-3+. The van der Waals surface area contributed by atoms with E-state index in [-0.39, 0.29) is 12.5 Å². The monoisotopic (exact) mass is 261 g/mol. The molecular formula is C12H14F3NO2. The van der Waals surface area contributed by atoms with Gasteiger partial charge in [-0.15, -0.1) is 0 Å². The number of allylic oxidation sites excluding steroid dienone is 4. The fourth-order valence-electron chi connectivity index (χ4n) is 1.31. The Kier molecular flexibility index (Phi) is 4.72. The number of alkyl halides is 3. The van der Waals surface area contributed by atoms with Gasteiger partial charge >= 0.3 is 6.18 Å². The molecule has 0 bridgehead atoms. The van der Waals surface area contributed by atoms with Crippen molar-refractivity contribution in [2.45, 2.75) is 33.1 Å². The molecule has 0 saturated carbocycles. The largest absolute Gasteiger partial charge is 0.438 e. The van der Waals surface area contributed by atoms with E-state index >= 15 is 0 Å². The molecule has 0 aliphatic carbocycles. The maximum absolute atomic E-state index is 12.0. The first-order valence-corrected chi connectivity index (χ1v) is 5.34. The van der Waals surface area contributed by atoms with Gasteiger partial charge in [-0.25, -0.2) is 4.98 Å². The van der Waals surface area contributed by atoms with E-state index in [1.807, 2.05) is 0 Å². The van der Waals surface area contributed by atoms with Crippen molar-refractivity contribution in [3.8, 4) is 0 Å². The number of aliphatic hydroxyl groups is 1. The molecular weight excluding hydrogens is 247 g/mol. The van der Waals surface area contributed by atoms with Gasteiger partial charge in [0.2, 0.25) is 5.89 Å². The zero-order valence-electron chi connectivity index (χ0n) is 10.1. The average molecular weight is 261 g/mol. The van der Waals surface area contributed by atoms with Crippen LogP contribution >= 0.6 is 0 Å². The molecule has 1 rings (SSSR count). The highest BCUT2D eigenvalue weighted by Gasteiger charge is 2.24. The topological polar surface area (TPSA) is 46.3 Å². The van der Waals surface area contributed by atoms with Crippen LogP contribution in [-0.2, 0) is 6.61 Å². The van der Waals surface area contributed by atoms with Crippen molar-refractivity contribution in [1.82, 2.24) is 4.98 Å². The Morgan fingerprint density at radius 3 is 2.56 bits per heavy atom. The van der Waals surface area contributed by atoms with Crippen LogP contribution in [0.5, 0.6) is 0 Å². The first kappa shape index (κ1) is 14.5. The Balaban J connectivity index is 2.84. The van der Waals surface area contributed by atoms with Gasteiger partial charge < -0.3 is 9.52 Å².